The first-order valence-corrected chi connectivity index (χ1v) is 5.68. The van der Waals surface area contributed by atoms with Gasteiger partial charge in [0, 0.05) is 25.0 Å². The zero-order valence-corrected chi connectivity index (χ0v) is 10.1. The lowest BCUT2D eigenvalue weighted by molar-refractivity contribution is 0.580. The number of benzene rings is 1. The molecule has 0 bridgehead atoms. The Morgan fingerprint density at radius 1 is 1.06 bits per heavy atom. The average Bonchev–Trinajstić information content (AvgIpc) is 2.30. The van der Waals surface area contributed by atoms with Crippen molar-refractivity contribution in [3.63, 3.8) is 0 Å². The van der Waals surface area contributed by atoms with Gasteiger partial charge in [-0.15, -0.1) is 0 Å². The minimum atomic E-state index is -0.581. The quantitative estimate of drug-likeness (QED) is 0.927. The Hall–Kier alpha value is -1.75. The minimum absolute atomic E-state index is 0.267. The molecule has 0 aliphatic carbocycles. The van der Waals surface area contributed by atoms with E-state index in [9.17, 15) is 8.78 Å². The monoisotopic (exact) mass is 269 g/mol. The predicted molar refractivity (Wildman–Crippen MR) is 65.6 cm³/mol. The van der Waals surface area contributed by atoms with Crippen molar-refractivity contribution in [2.45, 2.75) is 6.42 Å². The van der Waals surface area contributed by atoms with E-state index in [4.69, 9.17) is 11.6 Å². The molecule has 6 heteroatoms. The zero-order valence-electron chi connectivity index (χ0n) is 9.33. The van der Waals surface area contributed by atoms with Crippen molar-refractivity contribution in [1.29, 1.82) is 0 Å². The average molecular weight is 270 g/mol. The second-order valence-corrected chi connectivity index (χ2v) is 4.01. The number of rotatable bonds is 4. The molecule has 0 saturated heterocycles. The second kappa shape index (κ2) is 5.73. The maximum atomic E-state index is 12.9. The van der Waals surface area contributed by atoms with Gasteiger partial charge in [-0.3, -0.25) is 0 Å². The van der Waals surface area contributed by atoms with Gasteiger partial charge >= 0.3 is 0 Å². The van der Waals surface area contributed by atoms with Crippen LogP contribution in [0.1, 0.15) is 5.56 Å². The molecular formula is C12H10ClF2N3. The molecule has 1 N–H and O–H groups in total. The van der Waals surface area contributed by atoms with Crippen LogP contribution in [-0.2, 0) is 6.42 Å². The fourth-order valence-corrected chi connectivity index (χ4v) is 1.69. The highest BCUT2D eigenvalue weighted by Gasteiger charge is 2.03. The first kappa shape index (κ1) is 12.7. The molecule has 0 saturated carbocycles. The smallest absolute Gasteiger partial charge is 0.171 e. The molecule has 3 nitrogen and oxygen atoms in total. The molecule has 2 aromatic rings. The molecule has 0 atom stereocenters. The van der Waals surface area contributed by atoms with Crippen molar-refractivity contribution in [1.82, 2.24) is 9.97 Å². The van der Waals surface area contributed by atoms with Crippen molar-refractivity contribution in [2.24, 2.45) is 0 Å². The molecule has 2 rings (SSSR count). The van der Waals surface area contributed by atoms with Crippen LogP contribution in [0.3, 0.4) is 0 Å². The summed E-state index contributed by atoms with van der Waals surface area (Å²) >= 11 is 5.80. The first-order chi connectivity index (χ1) is 8.65. The van der Waals surface area contributed by atoms with E-state index in [1.54, 1.807) is 0 Å². The molecule has 1 aromatic heterocycles. The Bertz CT molecular complexity index is 528. The highest BCUT2D eigenvalue weighted by atomic mass is 35.5. The number of halogens is 3. The summed E-state index contributed by atoms with van der Waals surface area (Å²) in [4.78, 5) is 7.84. The molecule has 0 aliphatic heterocycles. The van der Waals surface area contributed by atoms with Crippen molar-refractivity contribution in [2.75, 3.05) is 11.9 Å². The van der Waals surface area contributed by atoms with E-state index >= 15 is 0 Å². The SMILES string of the molecule is Fc1cc(F)cc(CCNc2nccnc2Cl)c1. The molecule has 0 unspecified atom stereocenters. The number of aromatic nitrogens is 2. The highest BCUT2D eigenvalue weighted by molar-refractivity contribution is 6.31. The van der Waals surface area contributed by atoms with Crippen LogP contribution in [0.25, 0.3) is 0 Å². The summed E-state index contributed by atoms with van der Waals surface area (Å²) in [7, 11) is 0. The van der Waals surface area contributed by atoms with E-state index in [0.717, 1.165) is 6.07 Å². The van der Waals surface area contributed by atoms with E-state index in [1.165, 1.54) is 24.5 Å². The number of nitrogens with zero attached hydrogens (tertiary/aromatic N) is 2. The largest absolute Gasteiger partial charge is 0.367 e. The van der Waals surface area contributed by atoms with Gasteiger partial charge in [0.1, 0.15) is 11.6 Å². The van der Waals surface area contributed by atoms with Crippen LogP contribution in [0.15, 0.2) is 30.6 Å². The molecule has 0 spiro atoms. The normalized spacial score (nSPS) is 10.4. The third-order valence-electron chi connectivity index (χ3n) is 2.28. The Kier molecular flexibility index (Phi) is 4.04. The van der Waals surface area contributed by atoms with E-state index in [0.29, 0.717) is 24.3 Å². The van der Waals surface area contributed by atoms with E-state index < -0.39 is 11.6 Å². The van der Waals surface area contributed by atoms with Gasteiger partial charge in [-0.1, -0.05) is 11.6 Å². The number of nitrogens with one attached hydrogen (secondary N) is 1. The summed E-state index contributed by atoms with van der Waals surface area (Å²) in [5, 5.41) is 3.22. The summed E-state index contributed by atoms with van der Waals surface area (Å²) in [6.45, 7) is 0.460. The summed E-state index contributed by atoms with van der Waals surface area (Å²) in [6.07, 6.45) is 3.45. The summed E-state index contributed by atoms with van der Waals surface area (Å²) in [5.74, 6) is -0.707. The molecule has 1 heterocycles. The van der Waals surface area contributed by atoms with Crippen LogP contribution >= 0.6 is 11.6 Å². The van der Waals surface area contributed by atoms with Crippen molar-refractivity contribution in [3.05, 3.63) is 52.9 Å². The van der Waals surface area contributed by atoms with E-state index in [1.807, 2.05) is 0 Å². The maximum Gasteiger partial charge on any atom is 0.171 e. The third kappa shape index (κ3) is 3.37. The molecule has 0 amide bonds. The number of hydrogen-bond acceptors (Lipinski definition) is 3. The molecular weight excluding hydrogens is 260 g/mol. The molecule has 0 fully saturated rings. The van der Waals surface area contributed by atoms with Crippen molar-refractivity contribution >= 4 is 17.4 Å². The van der Waals surface area contributed by atoms with Crippen LogP contribution < -0.4 is 5.32 Å². The predicted octanol–water partition coefficient (Wildman–Crippen LogP) is 3.06. The van der Waals surface area contributed by atoms with Gasteiger partial charge in [0.05, 0.1) is 0 Å². The van der Waals surface area contributed by atoms with Gasteiger partial charge in [0.15, 0.2) is 11.0 Å². The lowest BCUT2D eigenvalue weighted by Gasteiger charge is -2.06. The lowest BCUT2D eigenvalue weighted by atomic mass is 10.1. The second-order valence-electron chi connectivity index (χ2n) is 3.65. The Labute approximate surface area is 108 Å². The number of anilines is 1. The number of hydrogen-bond donors (Lipinski definition) is 1. The Morgan fingerprint density at radius 2 is 1.72 bits per heavy atom. The van der Waals surface area contributed by atoms with Crippen molar-refractivity contribution in [3.8, 4) is 0 Å². The maximum absolute atomic E-state index is 12.9. The molecule has 18 heavy (non-hydrogen) atoms. The Balaban J connectivity index is 1.94. The van der Waals surface area contributed by atoms with E-state index in [2.05, 4.69) is 15.3 Å². The van der Waals surface area contributed by atoms with E-state index in [-0.39, 0.29) is 5.15 Å². The molecule has 1 aromatic carbocycles. The first-order valence-electron chi connectivity index (χ1n) is 5.30. The van der Waals surface area contributed by atoms with Gasteiger partial charge < -0.3 is 5.32 Å². The molecule has 0 radical (unpaired) electrons. The van der Waals surface area contributed by atoms with Gasteiger partial charge in [-0.25, -0.2) is 18.7 Å². The standard InChI is InChI=1S/C12H10ClF2N3/c13-11-12(18-4-3-16-11)17-2-1-8-5-9(14)7-10(15)6-8/h3-7H,1-2H2,(H,17,18). The van der Waals surface area contributed by atoms with Gasteiger partial charge in [0.25, 0.3) is 0 Å². The molecule has 0 aliphatic rings. The Morgan fingerprint density at radius 3 is 2.39 bits per heavy atom. The van der Waals surface area contributed by atoms with Crippen LogP contribution in [0.2, 0.25) is 5.15 Å². The zero-order chi connectivity index (χ0) is 13.0. The van der Waals surface area contributed by atoms with Crippen LogP contribution in [-0.4, -0.2) is 16.5 Å². The third-order valence-corrected chi connectivity index (χ3v) is 2.56. The summed E-state index contributed by atoms with van der Waals surface area (Å²) in [5.41, 5.74) is 0.569. The minimum Gasteiger partial charge on any atom is -0.367 e. The fourth-order valence-electron chi connectivity index (χ4n) is 1.52. The topological polar surface area (TPSA) is 37.8 Å². The highest BCUT2D eigenvalue weighted by Crippen LogP contribution is 2.14. The van der Waals surface area contributed by atoms with Crippen LogP contribution in [0.5, 0.6) is 0 Å². The van der Waals surface area contributed by atoms with Gasteiger partial charge in [-0.2, -0.15) is 0 Å². The summed E-state index contributed by atoms with van der Waals surface area (Å²) in [6, 6.07) is 3.43. The fraction of sp³-hybridized carbons (Fsp3) is 0.167. The van der Waals surface area contributed by atoms with Gasteiger partial charge in [0.2, 0.25) is 0 Å². The van der Waals surface area contributed by atoms with Crippen LogP contribution in [0, 0.1) is 11.6 Å². The van der Waals surface area contributed by atoms with Crippen LogP contribution in [0.4, 0.5) is 14.6 Å². The summed E-state index contributed by atoms with van der Waals surface area (Å²) < 4.78 is 25.9. The lowest BCUT2D eigenvalue weighted by Crippen LogP contribution is -2.07. The van der Waals surface area contributed by atoms with Gasteiger partial charge in [-0.05, 0) is 24.1 Å². The molecule has 94 valence electrons. The van der Waals surface area contributed by atoms with Crippen molar-refractivity contribution < 1.29 is 8.78 Å².